The number of fused-ring (bicyclic) bond motifs is 2. The smallest absolute Gasteiger partial charge is 0.234 e. The van der Waals surface area contributed by atoms with Crippen LogP contribution in [0.25, 0.3) is 22.6 Å². The Morgan fingerprint density at radius 3 is 2.66 bits per heavy atom. The van der Waals surface area contributed by atoms with Gasteiger partial charge >= 0.3 is 0 Å². The summed E-state index contributed by atoms with van der Waals surface area (Å²) in [6, 6.07) is 25.2. The summed E-state index contributed by atoms with van der Waals surface area (Å²) in [5, 5.41) is 13.3. The molecule has 1 aliphatic rings. The number of carbonyl (C=O) groups is 1. The van der Waals surface area contributed by atoms with Crippen molar-refractivity contribution in [3.05, 3.63) is 84.4 Å². The Labute approximate surface area is 204 Å². The number of ether oxygens (including phenoxy) is 2. The minimum atomic E-state index is -0.159. The van der Waals surface area contributed by atoms with Gasteiger partial charge in [0, 0.05) is 17.1 Å². The molecule has 3 aromatic carbocycles. The molecule has 0 aliphatic carbocycles. The molecule has 5 aromatic rings. The van der Waals surface area contributed by atoms with Crippen LogP contribution < -0.4 is 14.8 Å². The summed E-state index contributed by atoms with van der Waals surface area (Å²) in [7, 11) is 0. The minimum absolute atomic E-state index is 0.159. The van der Waals surface area contributed by atoms with Crippen LogP contribution in [0.4, 0.5) is 5.69 Å². The number of aromatic nitrogens is 3. The monoisotopic (exact) mass is 484 g/mol. The third-order valence-electron chi connectivity index (χ3n) is 5.53. The van der Waals surface area contributed by atoms with Crippen molar-refractivity contribution in [3.8, 4) is 23.1 Å². The van der Waals surface area contributed by atoms with Crippen molar-refractivity contribution in [2.45, 2.75) is 11.7 Å². The Morgan fingerprint density at radius 1 is 0.943 bits per heavy atom. The quantitative estimate of drug-likeness (QED) is 0.318. The first-order chi connectivity index (χ1) is 17.2. The molecule has 2 aromatic heterocycles. The van der Waals surface area contributed by atoms with E-state index in [2.05, 4.69) is 15.5 Å². The number of amides is 1. The second kappa shape index (κ2) is 9.19. The van der Waals surface area contributed by atoms with Gasteiger partial charge in [-0.05, 0) is 29.8 Å². The number of thioether (sulfide) groups is 1. The van der Waals surface area contributed by atoms with E-state index in [1.165, 1.54) is 11.8 Å². The highest BCUT2D eigenvalue weighted by atomic mass is 32.2. The van der Waals surface area contributed by atoms with E-state index in [-0.39, 0.29) is 18.5 Å². The zero-order chi connectivity index (χ0) is 23.6. The van der Waals surface area contributed by atoms with Crippen molar-refractivity contribution in [1.29, 1.82) is 0 Å². The number of para-hydroxylation sites is 1. The van der Waals surface area contributed by atoms with Gasteiger partial charge in [0.1, 0.15) is 5.58 Å². The number of hydrogen-bond donors (Lipinski definition) is 1. The number of benzene rings is 3. The molecule has 0 saturated carbocycles. The van der Waals surface area contributed by atoms with Crippen molar-refractivity contribution >= 4 is 34.3 Å². The molecule has 6 rings (SSSR count). The maximum atomic E-state index is 12.7. The fourth-order valence-corrected chi connectivity index (χ4v) is 4.62. The number of hydrogen-bond acceptors (Lipinski definition) is 7. The van der Waals surface area contributed by atoms with E-state index in [1.54, 1.807) is 18.2 Å². The predicted octanol–water partition coefficient (Wildman–Crippen LogP) is 5.20. The van der Waals surface area contributed by atoms with E-state index in [9.17, 15) is 4.79 Å². The molecule has 3 heterocycles. The van der Waals surface area contributed by atoms with Gasteiger partial charge in [-0.3, -0.25) is 9.36 Å². The summed E-state index contributed by atoms with van der Waals surface area (Å²) in [5.74, 6) is 2.54. The highest BCUT2D eigenvalue weighted by Crippen LogP contribution is 2.34. The normalized spacial score (nSPS) is 12.2. The topological polar surface area (TPSA) is 91.4 Å². The minimum Gasteiger partial charge on any atom is -0.454 e. The summed E-state index contributed by atoms with van der Waals surface area (Å²) < 4.78 is 18.7. The van der Waals surface area contributed by atoms with E-state index >= 15 is 0 Å². The van der Waals surface area contributed by atoms with Crippen molar-refractivity contribution in [1.82, 2.24) is 14.8 Å². The van der Waals surface area contributed by atoms with Crippen LogP contribution in [-0.2, 0) is 11.3 Å². The Bertz CT molecular complexity index is 1480. The van der Waals surface area contributed by atoms with Crippen LogP contribution in [0.3, 0.4) is 0 Å². The Morgan fingerprint density at radius 2 is 1.77 bits per heavy atom. The predicted molar refractivity (Wildman–Crippen MR) is 133 cm³/mol. The molecule has 0 radical (unpaired) electrons. The lowest BCUT2D eigenvalue weighted by molar-refractivity contribution is -0.113. The standard InChI is InChI=1S/C26H20N4O4S/c31-24(27-19-10-11-21-22(13-19)33-16-32-21)15-35-26-29-28-25(30(26)14-17-6-2-1-3-7-17)23-12-18-8-4-5-9-20(18)34-23/h1-13H,14-16H2,(H,27,31). The number of carbonyl (C=O) groups excluding carboxylic acids is 1. The molecule has 0 saturated heterocycles. The van der Waals surface area contributed by atoms with Gasteiger partial charge < -0.3 is 19.2 Å². The summed E-state index contributed by atoms with van der Waals surface area (Å²) in [6.45, 7) is 0.736. The Balaban J connectivity index is 1.24. The van der Waals surface area contributed by atoms with Crippen LogP contribution in [0.1, 0.15) is 5.56 Å². The van der Waals surface area contributed by atoms with E-state index in [0.717, 1.165) is 16.5 Å². The maximum absolute atomic E-state index is 12.7. The van der Waals surface area contributed by atoms with E-state index in [0.29, 0.717) is 40.5 Å². The molecule has 1 amide bonds. The highest BCUT2D eigenvalue weighted by molar-refractivity contribution is 7.99. The average Bonchev–Trinajstić information content (AvgIpc) is 3.61. The third-order valence-corrected chi connectivity index (χ3v) is 6.50. The van der Waals surface area contributed by atoms with E-state index in [4.69, 9.17) is 13.9 Å². The summed E-state index contributed by atoms with van der Waals surface area (Å²) >= 11 is 1.32. The number of nitrogens with zero attached hydrogens (tertiary/aromatic N) is 3. The van der Waals surface area contributed by atoms with Crippen LogP contribution in [-0.4, -0.2) is 33.2 Å². The van der Waals surface area contributed by atoms with Crippen molar-refractivity contribution < 1.29 is 18.7 Å². The SMILES string of the molecule is O=C(CSc1nnc(-c2cc3ccccc3o2)n1Cc1ccccc1)Nc1ccc2c(c1)OCO2. The van der Waals surface area contributed by atoms with Gasteiger partial charge in [0.15, 0.2) is 22.4 Å². The first kappa shape index (κ1) is 21.3. The molecule has 9 heteroatoms. The molecule has 0 fully saturated rings. The van der Waals surface area contributed by atoms with Gasteiger partial charge in [0.05, 0.1) is 12.3 Å². The average molecular weight is 485 g/mol. The lowest BCUT2D eigenvalue weighted by atomic mass is 10.2. The highest BCUT2D eigenvalue weighted by Gasteiger charge is 2.20. The third kappa shape index (κ3) is 4.45. The van der Waals surface area contributed by atoms with Gasteiger partial charge in [-0.1, -0.05) is 60.3 Å². The lowest BCUT2D eigenvalue weighted by Gasteiger charge is -2.10. The Hall–Kier alpha value is -4.24. The first-order valence-corrected chi connectivity index (χ1v) is 12.0. The molecule has 0 spiro atoms. The Kier molecular flexibility index (Phi) is 5.59. The molecule has 8 nitrogen and oxygen atoms in total. The first-order valence-electron chi connectivity index (χ1n) is 11.0. The lowest BCUT2D eigenvalue weighted by Crippen LogP contribution is -2.14. The fourth-order valence-electron chi connectivity index (χ4n) is 3.88. The molecule has 174 valence electrons. The zero-order valence-corrected chi connectivity index (χ0v) is 19.3. The zero-order valence-electron chi connectivity index (χ0n) is 18.5. The van der Waals surface area contributed by atoms with Crippen molar-refractivity contribution in [3.63, 3.8) is 0 Å². The number of anilines is 1. The molecule has 35 heavy (non-hydrogen) atoms. The second-order valence-electron chi connectivity index (χ2n) is 7.93. The summed E-state index contributed by atoms with van der Waals surface area (Å²) in [5.41, 5.74) is 2.53. The number of nitrogens with one attached hydrogen (secondary N) is 1. The number of rotatable bonds is 7. The van der Waals surface area contributed by atoms with Crippen LogP contribution in [0, 0.1) is 0 Å². The molecule has 0 atom stereocenters. The maximum Gasteiger partial charge on any atom is 0.234 e. The van der Waals surface area contributed by atoms with Crippen LogP contribution in [0.15, 0.2) is 88.4 Å². The van der Waals surface area contributed by atoms with Crippen LogP contribution in [0.5, 0.6) is 11.5 Å². The number of furan rings is 1. The van der Waals surface area contributed by atoms with Gasteiger partial charge in [0.2, 0.25) is 18.5 Å². The van der Waals surface area contributed by atoms with Crippen molar-refractivity contribution in [2.24, 2.45) is 0 Å². The molecule has 0 bridgehead atoms. The fraction of sp³-hybridized carbons (Fsp3) is 0.115. The molecule has 0 unspecified atom stereocenters. The molecule has 1 N–H and O–H groups in total. The van der Waals surface area contributed by atoms with E-state index in [1.807, 2.05) is 65.2 Å². The van der Waals surface area contributed by atoms with Gasteiger partial charge in [-0.15, -0.1) is 10.2 Å². The molecular weight excluding hydrogens is 464 g/mol. The largest absolute Gasteiger partial charge is 0.454 e. The summed E-state index contributed by atoms with van der Waals surface area (Å²) in [4.78, 5) is 12.7. The second-order valence-corrected chi connectivity index (χ2v) is 8.87. The van der Waals surface area contributed by atoms with E-state index < -0.39 is 0 Å². The summed E-state index contributed by atoms with van der Waals surface area (Å²) in [6.07, 6.45) is 0. The van der Waals surface area contributed by atoms with Gasteiger partial charge in [-0.2, -0.15) is 0 Å². The molecule has 1 aliphatic heterocycles. The van der Waals surface area contributed by atoms with Gasteiger partial charge in [0.25, 0.3) is 0 Å². The van der Waals surface area contributed by atoms with Gasteiger partial charge in [-0.25, -0.2) is 0 Å². The molecular formula is C26H20N4O4S. The van der Waals surface area contributed by atoms with Crippen LogP contribution >= 0.6 is 11.8 Å². The van der Waals surface area contributed by atoms with Crippen molar-refractivity contribution in [2.75, 3.05) is 17.9 Å². The van der Waals surface area contributed by atoms with Crippen LogP contribution in [0.2, 0.25) is 0 Å².